The number of rotatable bonds is 0. The summed E-state index contributed by atoms with van der Waals surface area (Å²) in [5, 5.41) is 0. The van der Waals surface area contributed by atoms with Crippen molar-refractivity contribution in [1.82, 2.24) is 0 Å². The lowest BCUT2D eigenvalue weighted by Gasteiger charge is -1.68. The molecule has 60 valence electrons. The largest absolute Gasteiger partial charge is 0.442 e. The van der Waals surface area contributed by atoms with E-state index >= 15 is 0 Å². The van der Waals surface area contributed by atoms with Gasteiger partial charge >= 0.3 is 10.4 Å². The molecule has 0 aliphatic rings. The summed E-state index contributed by atoms with van der Waals surface area (Å²) in [6.07, 6.45) is 0. The van der Waals surface area contributed by atoms with Gasteiger partial charge in [0, 0.05) is 0 Å². The van der Waals surface area contributed by atoms with Gasteiger partial charge in [0.2, 0.25) is 0 Å². The zero-order valence-corrected chi connectivity index (χ0v) is 9.83. The molecule has 0 spiro atoms. The van der Waals surface area contributed by atoms with Crippen LogP contribution in [0.4, 0.5) is 0 Å². The summed E-state index contributed by atoms with van der Waals surface area (Å²) in [6, 6.07) is 0. The van der Waals surface area contributed by atoms with E-state index in [1.807, 2.05) is 0 Å². The zero-order valence-electron chi connectivity index (χ0n) is 5.01. The third-order valence-electron chi connectivity index (χ3n) is 0. The van der Waals surface area contributed by atoms with Gasteiger partial charge in [-0.2, -0.15) is 8.42 Å². The molecule has 0 radical (unpaired) electrons. The smallest absolute Gasteiger partial charge is 0.394 e. The lowest BCUT2D eigenvalue weighted by molar-refractivity contribution is 0.381. The minimum absolute atomic E-state index is 0.306. The minimum Gasteiger partial charge on any atom is -0.442 e. The Hall–Kier alpha value is 0.224. The highest BCUT2D eigenvalue weighted by Gasteiger charge is 1.84. The van der Waals surface area contributed by atoms with Gasteiger partial charge in [0.1, 0.15) is 21.0 Å². The summed E-state index contributed by atoms with van der Waals surface area (Å²) < 4.78 is 31.6. The zero-order chi connectivity index (χ0) is 8.50. The molecule has 6 nitrogen and oxygen atoms in total. The highest BCUT2D eigenvalue weighted by Crippen LogP contribution is 1.59. The van der Waals surface area contributed by atoms with Crippen LogP contribution < -0.4 is 0 Å². The first-order chi connectivity index (χ1) is 4.00. The highest BCUT2D eigenvalue weighted by atomic mass is 32.3. The van der Waals surface area contributed by atoms with Crippen LogP contribution in [0.1, 0.15) is 0 Å². The van der Waals surface area contributed by atoms with Gasteiger partial charge in [-0.15, -0.1) is 0 Å². The van der Waals surface area contributed by atoms with Gasteiger partial charge in [-0.05, 0) is 0 Å². The summed E-state index contributed by atoms with van der Waals surface area (Å²) in [4.78, 5) is 14.3. The average molecular weight is 194 g/mol. The molecule has 0 bridgehead atoms. The molecule has 0 aromatic carbocycles. The SMILES string of the molecule is O=S(=O)(O)O.O[SiH3].O[SiH3]. The quantitative estimate of drug-likeness (QED) is 0.230. The van der Waals surface area contributed by atoms with Crippen LogP contribution in [0.3, 0.4) is 0 Å². The van der Waals surface area contributed by atoms with E-state index in [9.17, 15) is 0 Å². The summed E-state index contributed by atoms with van der Waals surface area (Å²) in [5.41, 5.74) is 0. The molecule has 0 saturated carbocycles. The van der Waals surface area contributed by atoms with Gasteiger partial charge in [0.15, 0.2) is 0 Å². The van der Waals surface area contributed by atoms with Crippen molar-refractivity contribution in [2.24, 2.45) is 0 Å². The Labute approximate surface area is 59.2 Å². The molecule has 0 aromatic rings. The van der Waals surface area contributed by atoms with Crippen molar-refractivity contribution in [3.05, 3.63) is 0 Å². The molecular weight excluding hydrogens is 184 g/mol. The lowest BCUT2D eigenvalue weighted by atomic mass is 15.8. The Morgan fingerprint density at radius 1 is 0.889 bits per heavy atom. The van der Waals surface area contributed by atoms with E-state index in [0.29, 0.717) is 21.0 Å². The van der Waals surface area contributed by atoms with Gasteiger partial charge in [-0.1, -0.05) is 0 Å². The number of hydrogen-bond donors (Lipinski definition) is 4. The van der Waals surface area contributed by atoms with Crippen LogP contribution in [-0.4, -0.2) is 48.1 Å². The molecule has 9 heavy (non-hydrogen) atoms. The van der Waals surface area contributed by atoms with Crippen molar-refractivity contribution in [1.29, 1.82) is 0 Å². The molecule has 0 aromatic heterocycles. The van der Waals surface area contributed by atoms with Gasteiger partial charge in [-0.3, -0.25) is 9.11 Å². The fourth-order valence-corrected chi connectivity index (χ4v) is 0. The van der Waals surface area contributed by atoms with Crippen LogP contribution in [0.15, 0.2) is 0 Å². The van der Waals surface area contributed by atoms with Gasteiger partial charge < -0.3 is 9.59 Å². The maximum Gasteiger partial charge on any atom is 0.394 e. The second-order valence-electron chi connectivity index (χ2n) is 0.448. The Bertz CT molecular complexity index is 94.2. The summed E-state index contributed by atoms with van der Waals surface area (Å²) in [6.45, 7) is 0. The van der Waals surface area contributed by atoms with E-state index in [-0.39, 0.29) is 0 Å². The minimum atomic E-state index is -4.67. The van der Waals surface area contributed by atoms with Crippen molar-refractivity contribution in [3.8, 4) is 0 Å². The summed E-state index contributed by atoms with van der Waals surface area (Å²) in [7, 11) is -4.06. The van der Waals surface area contributed by atoms with Crippen LogP contribution in [0.2, 0.25) is 0 Å². The second kappa shape index (κ2) is 11.1. The van der Waals surface area contributed by atoms with Crippen molar-refractivity contribution in [2.75, 3.05) is 0 Å². The van der Waals surface area contributed by atoms with Crippen LogP contribution in [0.5, 0.6) is 0 Å². The molecule has 0 saturated heterocycles. The fourth-order valence-electron chi connectivity index (χ4n) is 0. The standard InChI is InChI=1S/H2O4S.2H4OSi/c1-5(2,3)4;2*1-2/h(H2,1,2,3,4);2*1H,2H3. The Morgan fingerprint density at radius 3 is 0.889 bits per heavy atom. The molecule has 0 atom stereocenters. The first kappa shape index (κ1) is 16.1. The second-order valence-corrected chi connectivity index (χ2v) is 1.34. The van der Waals surface area contributed by atoms with Crippen LogP contribution in [0.25, 0.3) is 0 Å². The summed E-state index contributed by atoms with van der Waals surface area (Å²) in [5.74, 6) is 0. The molecule has 9 heteroatoms. The first-order valence-electron chi connectivity index (χ1n) is 1.59. The van der Waals surface area contributed by atoms with E-state index < -0.39 is 10.4 Å². The van der Waals surface area contributed by atoms with E-state index in [2.05, 4.69) is 0 Å². The molecule has 4 N–H and O–H groups in total. The Morgan fingerprint density at radius 2 is 0.889 bits per heavy atom. The van der Waals surface area contributed by atoms with Crippen molar-refractivity contribution >= 4 is 31.4 Å². The Balaban J connectivity index is -0.0000000771. The topological polar surface area (TPSA) is 115 Å². The van der Waals surface area contributed by atoms with Crippen LogP contribution >= 0.6 is 0 Å². The van der Waals surface area contributed by atoms with Gasteiger partial charge in [0.25, 0.3) is 0 Å². The van der Waals surface area contributed by atoms with Crippen molar-refractivity contribution < 1.29 is 27.1 Å². The molecular formula is H10O6SSi2. The fraction of sp³-hybridized carbons (Fsp3) is 0. The van der Waals surface area contributed by atoms with E-state index in [0.717, 1.165) is 0 Å². The van der Waals surface area contributed by atoms with E-state index in [4.69, 9.17) is 27.1 Å². The molecule has 0 amide bonds. The van der Waals surface area contributed by atoms with Crippen molar-refractivity contribution in [2.45, 2.75) is 0 Å². The lowest BCUT2D eigenvalue weighted by Crippen LogP contribution is -1.89. The predicted molar refractivity (Wildman–Crippen MR) is 38.5 cm³/mol. The molecule has 0 heterocycles. The Kier molecular flexibility index (Phi) is 19.8. The van der Waals surface area contributed by atoms with E-state index in [1.165, 1.54) is 0 Å². The van der Waals surface area contributed by atoms with Crippen LogP contribution in [-0.2, 0) is 10.4 Å². The number of hydrogen-bond acceptors (Lipinski definition) is 4. The molecule has 0 rings (SSSR count). The normalized spacial score (nSPS) is 8.44. The maximum atomic E-state index is 8.74. The third kappa shape index (κ3) is 6360. The van der Waals surface area contributed by atoms with Crippen LogP contribution in [0, 0.1) is 0 Å². The third-order valence-corrected chi connectivity index (χ3v) is 0. The molecule has 0 fully saturated rings. The first-order valence-corrected chi connectivity index (χ1v) is 4.78. The maximum absolute atomic E-state index is 8.74. The average Bonchev–Trinajstić information content (AvgIpc) is 1.72. The van der Waals surface area contributed by atoms with E-state index in [1.54, 1.807) is 0 Å². The predicted octanol–water partition coefficient (Wildman–Crippen LogP) is -4.13. The molecule has 0 aliphatic heterocycles. The summed E-state index contributed by atoms with van der Waals surface area (Å²) >= 11 is 0. The highest BCUT2D eigenvalue weighted by molar-refractivity contribution is 7.79. The van der Waals surface area contributed by atoms with Gasteiger partial charge in [-0.25, -0.2) is 0 Å². The van der Waals surface area contributed by atoms with Gasteiger partial charge in [0.05, 0.1) is 0 Å². The molecule has 0 unspecified atom stereocenters. The monoisotopic (exact) mass is 194 g/mol. The molecule has 0 aliphatic carbocycles. The van der Waals surface area contributed by atoms with Crippen molar-refractivity contribution in [3.63, 3.8) is 0 Å².